The Morgan fingerprint density at radius 3 is 2.88 bits per heavy atom. The van der Waals surface area contributed by atoms with E-state index < -0.39 is 0 Å². The van der Waals surface area contributed by atoms with Gasteiger partial charge >= 0.3 is 0 Å². The third-order valence-electron chi connectivity index (χ3n) is 3.74. The average molecular weight is 351 g/mol. The molecule has 0 aliphatic carbocycles. The molecule has 2 aromatic heterocycles. The zero-order chi connectivity index (χ0) is 18.2. The second kappa shape index (κ2) is 8.75. The van der Waals surface area contributed by atoms with Gasteiger partial charge in [0, 0.05) is 6.42 Å². The Kier molecular flexibility index (Phi) is 5.92. The molecular weight excluding hydrogens is 330 g/mol. The number of pyridine rings is 1. The summed E-state index contributed by atoms with van der Waals surface area (Å²) in [4.78, 5) is 20.1. The quantitative estimate of drug-likeness (QED) is 0.631. The molecule has 1 amide bonds. The summed E-state index contributed by atoms with van der Waals surface area (Å²) in [6.07, 6.45) is 6.66. The Morgan fingerprint density at radius 2 is 2.15 bits per heavy atom. The number of hydrogen-bond donors (Lipinski definition) is 1. The zero-order valence-electron chi connectivity index (χ0n) is 14.6. The molecule has 1 N–H and O–H groups in total. The zero-order valence-corrected chi connectivity index (χ0v) is 14.6. The molecule has 2 heterocycles. The lowest BCUT2D eigenvalue weighted by Crippen LogP contribution is -2.12. The van der Waals surface area contributed by atoms with Crippen LogP contribution in [-0.2, 0) is 4.79 Å². The molecule has 26 heavy (non-hydrogen) atoms. The number of carbonyl (C=O) groups excluding carboxylic acids is 1. The molecule has 0 spiro atoms. The molecule has 0 atom stereocenters. The van der Waals surface area contributed by atoms with Crippen molar-refractivity contribution in [3.05, 3.63) is 60.8 Å². The number of anilines is 1. The minimum absolute atomic E-state index is 0.0316. The molecule has 0 bridgehead atoms. The van der Waals surface area contributed by atoms with Crippen LogP contribution >= 0.6 is 0 Å². The maximum atomic E-state index is 12.0. The van der Waals surface area contributed by atoms with E-state index in [4.69, 9.17) is 4.74 Å². The van der Waals surface area contributed by atoms with Crippen molar-refractivity contribution in [1.82, 2.24) is 19.7 Å². The van der Waals surface area contributed by atoms with Gasteiger partial charge in [-0.05, 0) is 49.6 Å². The second-order valence-electron chi connectivity index (χ2n) is 5.92. The minimum atomic E-state index is -0.0316. The molecule has 3 rings (SSSR count). The van der Waals surface area contributed by atoms with Gasteiger partial charge in [-0.3, -0.25) is 4.79 Å². The predicted molar refractivity (Wildman–Crippen MR) is 98.3 cm³/mol. The fourth-order valence-corrected chi connectivity index (χ4v) is 2.43. The van der Waals surface area contributed by atoms with E-state index in [1.807, 2.05) is 31.2 Å². The molecule has 1 aromatic carbocycles. The first-order valence-electron chi connectivity index (χ1n) is 8.51. The molecule has 3 aromatic rings. The van der Waals surface area contributed by atoms with Crippen LogP contribution in [0.25, 0.3) is 5.82 Å². The molecule has 0 saturated carbocycles. The lowest BCUT2D eigenvalue weighted by Gasteiger charge is -2.08. The number of ether oxygens (including phenoxy) is 1. The topological polar surface area (TPSA) is 81.9 Å². The summed E-state index contributed by atoms with van der Waals surface area (Å²) in [5.74, 6) is 1.48. The van der Waals surface area contributed by atoms with Gasteiger partial charge in [0.05, 0.1) is 18.5 Å². The van der Waals surface area contributed by atoms with E-state index in [1.54, 1.807) is 29.3 Å². The first-order valence-corrected chi connectivity index (χ1v) is 8.51. The maximum absolute atomic E-state index is 12.0. The van der Waals surface area contributed by atoms with Gasteiger partial charge in [0.25, 0.3) is 0 Å². The smallest absolute Gasteiger partial charge is 0.224 e. The second-order valence-corrected chi connectivity index (χ2v) is 5.92. The van der Waals surface area contributed by atoms with E-state index >= 15 is 0 Å². The molecule has 134 valence electrons. The van der Waals surface area contributed by atoms with Crippen LogP contribution in [0.1, 0.15) is 24.8 Å². The summed E-state index contributed by atoms with van der Waals surface area (Å²) in [5.41, 5.74) is 1.83. The van der Waals surface area contributed by atoms with Crippen molar-refractivity contribution in [2.75, 3.05) is 11.9 Å². The summed E-state index contributed by atoms with van der Waals surface area (Å²) in [7, 11) is 0. The Morgan fingerprint density at radius 1 is 1.23 bits per heavy atom. The maximum Gasteiger partial charge on any atom is 0.224 e. The third-order valence-corrected chi connectivity index (χ3v) is 3.74. The molecule has 0 radical (unpaired) electrons. The summed E-state index contributed by atoms with van der Waals surface area (Å²) < 4.78 is 7.24. The Hall–Kier alpha value is -3.22. The van der Waals surface area contributed by atoms with Crippen LogP contribution in [-0.4, -0.2) is 32.3 Å². The van der Waals surface area contributed by atoms with Crippen LogP contribution in [0.3, 0.4) is 0 Å². The molecule has 0 saturated heterocycles. The molecule has 0 fully saturated rings. The number of benzene rings is 1. The normalized spacial score (nSPS) is 10.5. The molecule has 0 aliphatic heterocycles. The van der Waals surface area contributed by atoms with Gasteiger partial charge in [0.2, 0.25) is 5.91 Å². The van der Waals surface area contributed by atoms with Gasteiger partial charge in [0.15, 0.2) is 5.82 Å². The molecule has 7 heteroatoms. The first-order chi connectivity index (χ1) is 12.7. The van der Waals surface area contributed by atoms with Gasteiger partial charge < -0.3 is 10.1 Å². The van der Waals surface area contributed by atoms with Crippen molar-refractivity contribution < 1.29 is 9.53 Å². The van der Waals surface area contributed by atoms with Crippen molar-refractivity contribution >= 4 is 11.6 Å². The van der Waals surface area contributed by atoms with E-state index in [2.05, 4.69) is 20.4 Å². The minimum Gasteiger partial charge on any atom is -0.494 e. The number of nitrogens with one attached hydrogen (secondary N) is 1. The lowest BCUT2D eigenvalue weighted by atomic mass is 10.2. The highest BCUT2D eigenvalue weighted by molar-refractivity contribution is 5.90. The van der Waals surface area contributed by atoms with Crippen molar-refractivity contribution in [3.63, 3.8) is 0 Å². The van der Waals surface area contributed by atoms with E-state index in [9.17, 15) is 4.79 Å². The number of carbonyl (C=O) groups is 1. The lowest BCUT2D eigenvalue weighted by molar-refractivity contribution is -0.116. The van der Waals surface area contributed by atoms with Crippen molar-refractivity contribution in [2.45, 2.75) is 26.2 Å². The standard InChI is InChI=1S/C19H21N5O2/c1-15-5-4-6-17(11-15)26-10-3-2-7-19(25)23-16-8-9-18(21-12-16)24-14-20-13-22-24/h4-6,8-9,11-14H,2-3,7,10H2,1H3,(H,23,25). The fourth-order valence-electron chi connectivity index (χ4n) is 2.43. The number of hydrogen-bond acceptors (Lipinski definition) is 5. The molecular formula is C19H21N5O2. The van der Waals surface area contributed by atoms with Gasteiger partial charge in [0.1, 0.15) is 18.4 Å². The first kappa shape index (κ1) is 17.6. The largest absolute Gasteiger partial charge is 0.494 e. The SMILES string of the molecule is Cc1cccc(OCCCCC(=O)Nc2ccc(-n3cncn3)nc2)c1. The summed E-state index contributed by atoms with van der Waals surface area (Å²) in [6.45, 7) is 2.63. The van der Waals surface area contributed by atoms with E-state index in [0.717, 1.165) is 18.6 Å². The van der Waals surface area contributed by atoms with Crippen LogP contribution in [0, 0.1) is 6.92 Å². The highest BCUT2D eigenvalue weighted by atomic mass is 16.5. The fraction of sp³-hybridized carbons (Fsp3) is 0.263. The van der Waals surface area contributed by atoms with Crippen molar-refractivity contribution in [1.29, 1.82) is 0 Å². The van der Waals surface area contributed by atoms with Gasteiger partial charge in [-0.1, -0.05) is 12.1 Å². The molecule has 0 unspecified atom stereocenters. The Labute approximate surface area is 152 Å². The summed E-state index contributed by atoms with van der Waals surface area (Å²) in [6, 6.07) is 11.5. The monoisotopic (exact) mass is 351 g/mol. The van der Waals surface area contributed by atoms with Crippen LogP contribution in [0.15, 0.2) is 55.2 Å². The average Bonchev–Trinajstić information content (AvgIpc) is 3.17. The highest BCUT2D eigenvalue weighted by Gasteiger charge is 2.04. The van der Waals surface area contributed by atoms with Crippen molar-refractivity contribution in [2.24, 2.45) is 0 Å². The van der Waals surface area contributed by atoms with Crippen LogP contribution in [0.4, 0.5) is 5.69 Å². The van der Waals surface area contributed by atoms with Crippen molar-refractivity contribution in [3.8, 4) is 11.6 Å². The number of aromatic nitrogens is 4. The van der Waals surface area contributed by atoms with Gasteiger partial charge in [-0.25, -0.2) is 14.6 Å². The van der Waals surface area contributed by atoms with E-state index in [1.165, 1.54) is 11.9 Å². The van der Waals surface area contributed by atoms with Crippen LogP contribution < -0.4 is 10.1 Å². The number of unbranched alkanes of at least 4 members (excludes halogenated alkanes) is 1. The molecule has 0 aliphatic rings. The van der Waals surface area contributed by atoms with E-state index in [0.29, 0.717) is 24.5 Å². The summed E-state index contributed by atoms with van der Waals surface area (Å²) >= 11 is 0. The highest BCUT2D eigenvalue weighted by Crippen LogP contribution is 2.13. The third kappa shape index (κ3) is 5.14. The number of aryl methyl sites for hydroxylation is 1. The number of rotatable bonds is 8. The summed E-state index contributed by atoms with van der Waals surface area (Å²) in [5, 5.41) is 6.85. The van der Waals surface area contributed by atoms with Gasteiger partial charge in [-0.15, -0.1) is 0 Å². The van der Waals surface area contributed by atoms with E-state index in [-0.39, 0.29) is 5.91 Å². The number of nitrogens with zero attached hydrogens (tertiary/aromatic N) is 4. The Bertz CT molecular complexity index is 831. The number of amides is 1. The van der Waals surface area contributed by atoms with Crippen LogP contribution in [0.5, 0.6) is 5.75 Å². The Balaban J connectivity index is 1.36. The van der Waals surface area contributed by atoms with Gasteiger partial charge in [-0.2, -0.15) is 5.10 Å². The van der Waals surface area contributed by atoms with Crippen LogP contribution in [0.2, 0.25) is 0 Å². The predicted octanol–water partition coefficient (Wildman–Crippen LogP) is 3.16. The molecule has 7 nitrogen and oxygen atoms in total.